The third kappa shape index (κ3) is 4.30. The number of hydrogen-bond donors (Lipinski definition) is 2. The van der Waals surface area contributed by atoms with Gasteiger partial charge in [-0.1, -0.05) is 43.0 Å². The summed E-state index contributed by atoms with van der Waals surface area (Å²) in [4.78, 5) is 17.4. The summed E-state index contributed by atoms with van der Waals surface area (Å²) in [7, 11) is 2.72. The molecule has 0 aliphatic carbocycles. The summed E-state index contributed by atoms with van der Waals surface area (Å²) in [6.45, 7) is 2.03. The largest absolute Gasteiger partial charge is 0.506 e. The Kier molecular flexibility index (Phi) is 6.29. The van der Waals surface area contributed by atoms with Gasteiger partial charge in [0.15, 0.2) is 11.5 Å². The van der Waals surface area contributed by atoms with Gasteiger partial charge in [-0.05, 0) is 41.8 Å². The molecule has 0 amide bonds. The van der Waals surface area contributed by atoms with E-state index in [1.54, 1.807) is 18.2 Å². The van der Waals surface area contributed by atoms with E-state index in [1.807, 2.05) is 31.2 Å². The van der Waals surface area contributed by atoms with Crippen molar-refractivity contribution in [2.45, 2.75) is 13.3 Å². The van der Waals surface area contributed by atoms with Crippen molar-refractivity contribution in [3.8, 4) is 11.5 Å². The molecular weight excluding hydrogens is 390 g/mol. The summed E-state index contributed by atoms with van der Waals surface area (Å²) in [5.41, 5.74) is 2.48. The molecule has 0 aromatic heterocycles. The van der Waals surface area contributed by atoms with Crippen LogP contribution in [0, 0.1) is 0 Å². The normalized spacial score (nSPS) is 16.5. The molecule has 3 rings (SSSR count). The van der Waals surface area contributed by atoms with E-state index in [4.69, 9.17) is 9.47 Å². The third-order valence-corrected chi connectivity index (χ3v) is 5.40. The van der Waals surface area contributed by atoms with Crippen LogP contribution in [0.4, 0.5) is 5.69 Å². The first kappa shape index (κ1) is 20.5. The second-order valence-corrected chi connectivity index (χ2v) is 7.19. The van der Waals surface area contributed by atoms with Gasteiger partial charge in [-0.15, -0.1) is 0 Å². The number of esters is 1. The lowest BCUT2D eigenvalue weighted by molar-refractivity contribution is -0.135. The average Bonchev–Trinajstić information content (AvgIpc) is 3.03. The molecule has 150 valence electrons. The van der Waals surface area contributed by atoms with E-state index >= 15 is 0 Å². The fraction of sp³-hybridized carbons (Fsp3) is 0.182. The van der Waals surface area contributed by atoms with E-state index < -0.39 is 5.97 Å². The zero-order chi connectivity index (χ0) is 21.0. The molecule has 0 bridgehead atoms. The van der Waals surface area contributed by atoms with Crippen LogP contribution in [0.15, 0.2) is 63.7 Å². The second-order valence-electron chi connectivity index (χ2n) is 6.16. The fourth-order valence-electron chi connectivity index (χ4n) is 2.85. The molecule has 2 aromatic rings. The maximum absolute atomic E-state index is 12.3. The average molecular weight is 411 g/mol. The Labute approximate surface area is 173 Å². The third-order valence-electron chi connectivity index (χ3n) is 4.38. The van der Waals surface area contributed by atoms with Gasteiger partial charge in [0.2, 0.25) is 0 Å². The molecule has 2 N–H and O–H groups in total. The van der Waals surface area contributed by atoms with Crippen molar-refractivity contribution in [2.24, 2.45) is 4.99 Å². The van der Waals surface area contributed by atoms with Gasteiger partial charge in [-0.2, -0.15) is 0 Å². The number of aryl methyl sites for hydroxylation is 1. The number of aliphatic imine (C=N–C) groups is 1. The number of carbonyl (C=O) groups is 1. The van der Waals surface area contributed by atoms with E-state index in [1.165, 1.54) is 32.0 Å². The van der Waals surface area contributed by atoms with E-state index in [9.17, 15) is 15.0 Å². The highest BCUT2D eigenvalue weighted by Gasteiger charge is 2.33. The van der Waals surface area contributed by atoms with Crippen LogP contribution in [0.1, 0.15) is 18.1 Å². The number of para-hydroxylation sites is 1. The standard InChI is InChI=1S/C22H21NO5S/c1-4-14-7-5-6-8-15(14)23-21-19(22(26)28-3)20(25)18(29-21)12-13-9-10-16(24)17(11-13)27-2/h5-12,24-25H,4H2,1-3H3/b18-12+,23-21?. The SMILES string of the molecule is CCc1ccccc1N=C1S/C(=C/c2ccc(O)c(OC)c2)C(O)=C1C(=O)OC. The number of aromatic hydroxyl groups is 1. The van der Waals surface area contributed by atoms with Crippen LogP contribution < -0.4 is 4.74 Å². The smallest absolute Gasteiger partial charge is 0.344 e. The minimum Gasteiger partial charge on any atom is -0.506 e. The number of benzene rings is 2. The van der Waals surface area contributed by atoms with Crippen molar-refractivity contribution in [1.82, 2.24) is 0 Å². The lowest BCUT2D eigenvalue weighted by Gasteiger charge is -2.05. The molecule has 0 saturated carbocycles. The monoisotopic (exact) mass is 411 g/mol. The van der Waals surface area contributed by atoms with Gasteiger partial charge in [-0.25, -0.2) is 9.79 Å². The Balaban J connectivity index is 2.07. The zero-order valence-corrected chi connectivity index (χ0v) is 17.1. The maximum Gasteiger partial charge on any atom is 0.344 e. The Morgan fingerprint density at radius 3 is 2.62 bits per heavy atom. The first-order valence-electron chi connectivity index (χ1n) is 8.93. The molecule has 0 saturated heterocycles. The summed E-state index contributed by atoms with van der Waals surface area (Å²) >= 11 is 1.18. The van der Waals surface area contributed by atoms with Gasteiger partial charge in [0.25, 0.3) is 0 Å². The molecule has 2 aromatic carbocycles. The van der Waals surface area contributed by atoms with Crippen LogP contribution in [0.2, 0.25) is 0 Å². The van der Waals surface area contributed by atoms with Gasteiger partial charge in [0, 0.05) is 0 Å². The number of phenolic OH excluding ortho intramolecular Hbond substituents is 1. The Hall–Kier alpha value is -3.19. The molecule has 0 spiro atoms. The van der Waals surface area contributed by atoms with E-state index in [-0.39, 0.29) is 17.1 Å². The van der Waals surface area contributed by atoms with Crippen molar-refractivity contribution < 1.29 is 24.5 Å². The van der Waals surface area contributed by atoms with Crippen molar-refractivity contribution in [3.05, 3.63) is 69.8 Å². The van der Waals surface area contributed by atoms with Crippen LogP contribution in [-0.4, -0.2) is 35.4 Å². The predicted octanol–water partition coefficient (Wildman–Crippen LogP) is 4.77. The number of nitrogens with zero attached hydrogens (tertiary/aromatic N) is 1. The highest BCUT2D eigenvalue weighted by molar-refractivity contribution is 8.18. The first-order valence-corrected chi connectivity index (χ1v) is 9.75. The number of ether oxygens (including phenoxy) is 2. The minimum absolute atomic E-state index is 0.0159. The summed E-state index contributed by atoms with van der Waals surface area (Å²) < 4.78 is 9.97. The lowest BCUT2D eigenvalue weighted by Crippen LogP contribution is -2.10. The van der Waals surface area contributed by atoms with Crippen LogP contribution >= 0.6 is 11.8 Å². The molecule has 0 fully saturated rings. The predicted molar refractivity (Wildman–Crippen MR) is 115 cm³/mol. The number of phenols is 1. The molecule has 0 atom stereocenters. The highest BCUT2D eigenvalue weighted by Crippen LogP contribution is 2.41. The quantitative estimate of drug-likeness (QED) is 0.689. The van der Waals surface area contributed by atoms with Crippen molar-refractivity contribution >= 4 is 34.5 Å². The number of aliphatic hydroxyl groups excluding tert-OH is 1. The molecule has 0 radical (unpaired) electrons. The van der Waals surface area contributed by atoms with Crippen LogP contribution in [-0.2, 0) is 16.0 Å². The maximum atomic E-state index is 12.3. The van der Waals surface area contributed by atoms with Gasteiger partial charge >= 0.3 is 5.97 Å². The zero-order valence-electron chi connectivity index (χ0n) is 16.3. The lowest BCUT2D eigenvalue weighted by atomic mass is 10.1. The van der Waals surface area contributed by atoms with Crippen LogP contribution in [0.5, 0.6) is 11.5 Å². The summed E-state index contributed by atoms with van der Waals surface area (Å²) in [6.07, 6.45) is 2.48. The van der Waals surface area contributed by atoms with Crippen LogP contribution in [0.25, 0.3) is 6.08 Å². The molecule has 7 heteroatoms. The number of aliphatic hydroxyl groups is 1. The number of hydrogen-bond acceptors (Lipinski definition) is 7. The number of carbonyl (C=O) groups excluding carboxylic acids is 1. The van der Waals surface area contributed by atoms with Gasteiger partial charge < -0.3 is 19.7 Å². The van der Waals surface area contributed by atoms with Gasteiger partial charge in [0.05, 0.1) is 24.8 Å². The highest BCUT2D eigenvalue weighted by atomic mass is 32.2. The second kappa shape index (κ2) is 8.87. The molecule has 29 heavy (non-hydrogen) atoms. The molecule has 1 heterocycles. The molecule has 1 aliphatic heterocycles. The van der Waals surface area contributed by atoms with Crippen molar-refractivity contribution in [1.29, 1.82) is 0 Å². The minimum atomic E-state index is -0.658. The van der Waals surface area contributed by atoms with E-state index in [0.29, 0.717) is 21.3 Å². The Morgan fingerprint density at radius 1 is 1.17 bits per heavy atom. The molecule has 0 unspecified atom stereocenters. The van der Waals surface area contributed by atoms with Gasteiger partial charge in [0.1, 0.15) is 16.4 Å². The molecule has 6 nitrogen and oxygen atoms in total. The molecule has 1 aliphatic rings. The van der Waals surface area contributed by atoms with Crippen molar-refractivity contribution in [3.63, 3.8) is 0 Å². The number of thioether (sulfide) groups is 1. The Bertz CT molecular complexity index is 1040. The fourth-order valence-corrected chi connectivity index (χ4v) is 3.88. The van der Waals surface area contributed by atoms with Gasteiger partial charge in [-0.3, -0.25) is 0 Å². The van der Waals surface area contributed by atoms with E-state index in [0.717, 1.165) is 17.7 Å². The van der Waals surface area contributed by atoms with E-state index in [2.05, 4.69) is 4.99 Å². The van der Waals surface area contributed by atoms with Crippen LogP contribution in [0.3, 0.4) is 0 Å². The Morgan fingerprint density at radius 2 is 1.93 bits per heavy atom. The number of methoxy groups -OCH3 is 2. The summed E-state index contributed by atoms with van der Waals surface area (Å²) in [5.74, 6) is -0.525. The summed E-state index contributed by atoms with van der Waals surface area (Å²) in [6, 6.07) is 12.5. The topological polar surface area (TPSA) is 88.4 Å². The number of rotatable bonds is 5. The summed E-state index contributed by atoms with van der Waals surface area (Å²) in [5, 5.41) is 20.8. The first-order chi connectivity index (χ1) is 14.0. The van der Waals surface area contributed by atoms with Crippen molar-refractivity contribution in [2.75, 3.05) is 14.2 Å². The molecular formula is C22H21NO5S.